The van der Waals surface area contributed by atoms with E-state index >= 15 is 0 Å². The van der Waals surface area contributed by atoms with Crippen LogP contribution in [0.3, 0.4) is 0 Å². The molecular weight excluding hydrogens is 335 g/mol. The smallest absolute Gasteiger partial charge is 0.314 e. The Labute approximate surface area is 131 Å². The molecule has 110 valence electrons. The van der Waals surface area contributed by atoms with Crippen molar-refractivity contribution in [1.29, 1.82) is 0 Å². The molecule has 0 heterocycles. The van der Waals surface area contributed by atoms with Crippen molar-refractivity contribution in [2.45, 2.75) is 25.2 Å². The number of hydrogen-bond acceptors (Lipinski definition) is 1. The zero-order valence-electron chi connectivity index (χ0n) is 11.6. The van der Waals surface area contributed by atoms with E-state index in [1.807, 2.05) is 13.0 Å². The van der Waals surface area contributed by atoms with Gasteiger partial charge in [-0.1, -0.05) is 53.2 Å². The maximum Gasteiger partial charge on any atom is 0.314 e. The van der Waals surface area contributed by atoms with Crippen LogP contribution in [0.5, 0.6) is 0 Å². The molecule has 2 aromatic carbocycles. The summed E-state index contributed by atoms with van der Waals surface area (Å²) in [7, 11) is 0. The normalized spacial score (nSPS) is 13.7. The highest BCUT2D eigenvalue weighted by atomic mass is 79.9. The third-order valence-corrected chi connectivity index (χ3v) is 4.33. The van der Waals surface area contributed by atoms with Crippen LogP contribution >= 0.6 is 15.9 Å². The Bertz CT molecular complexity index is 642. The minimum Gasteiger partial charge on any atom is -0.481 e. The molecule has 0 fully saturated rings. The lowest BCUT2D eigenvalue weighted by Crippen LogP contribution is -2.37. The minimum atomic E-state index is -1.12. The van der Waals surface area contributed by atoms with Gasteiger partial charge in [-0.2, -0.15) is 0 Å². The van der Waals surface area contributed by atoms with Crippen LogP contribution in [0, 0.1) is 5.82 Å². The Kier molecular flexibility index (Phi) is 4.78. The molecule has 0 aromatic heterocycles. The second kappa shape index (κ2) is 6.39. The molecule has 0 aliphatic rings. The highest BCUT2D eigenvalue weighted by molar-refractivity contribution is 9.10. The van der Waals surface area contributed by atoms with E-state index in [1.165, 1.54) is 6.07 Å². The Morgan fingerprint density at radius 1 is 1.24 bits per heavy atom. The van der Waals surface area contributed by atoms with Gasteiger partial charge in [-0.3, -0.25) is 4.79 Å². The molecule has 0 aliphatic carbocycles. The lowest BCUT2D eigenvalue weighted by molar-refractivity contribution is -0.144. The van der Waals surface area contributed by atoms with E-state index < -0.39 is 11.4 Å². The van der Waals surface area contributed by atoms with Crippen molar-refractivity contribution in [1.82, 2.24) is 0 Å². The van der Waals surface area contributed by atoms with E-state index in [9.17, 15) is 14.3 Å². The summed E-state index contributed by atoms with van der Waals surface area (Å²) in [5.41, 5.74) is -0.0278. The Balaban J connectivity index is 2.51. The van der Waals surface area contributed by atoms with E-state index in [0.29, 0.717) is 17.5 Å². The molecule has 0 bridgehead atoms. The maximum absolute atomic E-state index is 14.0. The highest BCUT2D eigenvalue weighted by Gasteiger charge is 2.39. The first-order valence-electron chi connectivity index (χ1n) is 6.72. The third kappa shape index (κ3) is 3.16. The monoisotopic (exact) mass is 350 g/mol. The van der Waals surface area contributed by atoms with Crippen molar-refractivity contribution in [3.8, 4) is 0 Å². The quantitative estimate of drug-likeness (QED) is 0.857. The second-order valence-corrected chi connectivity index (χ2v) is 5.94. The summed E-state index contributed by atoms with van der Waals surface area (Å²) >= 11 is 3.30. The van der Waals surface area contributed by atoms with Gasteiger partial charge in [-0.15, -0.1) is 0 Å². The fraction of sp³-hybridized carbons (Fsp3) is 0.235. The van der Waals surface area contributed by atoms with Crippen LogP contribution in [0.4, 0.5) is 4.39 Å². The maximum atomic E-state index is 14.0. The number of benzene rings is 2. The first-order valence-corrected chi connectivity index (χ1v) is 7.52. The van der Waals surface area contributed by atoms with Crippen LogP contribution in [0.25, 0.3) is 0 Å². The Morgan fingerprint density at radius 2 is 1.90 bits per heavy atom. The summed E-state index contributed by atoms with van der Waals surface area (Å²) in [6, 6.07) is 13.6. The first kappa shape index (κ1) is 15.7. The summed E-state index contributed by atoms with van der Waals surface area (Å²) in [4.78, 5) is 11.9. The fourth-order valence-corrected chi connectivity index (χ4v) is 2.95. The number of halogens is 2. The van der Waals surface area contributed by atoms with Gasteiger partial charge in [0.2, 0.25) is 0 Å². The summed E-state index contributed by atoms with van der Waals surface area (Å²) in [6.07, 6.45) is 0.506. The average Bonchev–Trinajstić information content (AvgIpc) is 2.49. The van der Waals surface area contributed by atoms with Crippen LogP contribution < -0.4 is 0 Å². The Morgan fingerprint density at radius 3 is 2.48 bits per heavy atom. The molecule has 2 nitrogen and oxygen atoms in total. The number of hydrogen-bond donors (Lipinski definition) is 1. The molecule has 1 N–H and O–H groups in total. The lowest BCUT2D eigenvalue weighted by atomic mass is 9.73. The summed E-state index contributed by atoms with van der Waals surface area (Å²) in [5.74, 6) is -1.32. The van der Waals surface area contributed by atoms with E-state index in [0.717, 1.165) is 4.47 Å². The fourth-order valence-electron chi connectivity index (χ4n) is 2.54. The highest BCUT2D eigenvalue weighted by Crippen LogP contribution is 2.34. The van der Waals surface area contributed by atoms with Crippen molar-refractivity contribution in [2.75, 3.05) is 0 Å². The van der Waals surface area contributed by atoms with Crippen LogP contribution in [-0.4, -0.2) is 11.1 Å². The van der Waals surface area contributed by atoms with Gasteiger partial charge in [0.15, 0.2) is 0 Å². The molecule has 0 saturated heterocycles. The van der Waals surface area contributed by atoms with Crippen LogP contribution in [-0.2, 0) is 16.6 Å². The van der Waals surface area contributed by atoms with Crippen LogP contribution in [0.1, 0.15) is 24.5 Å². The largest absolute Gasteiger partial charge is 0.481 e. The molecule has 4 heteroatoms. The molecule has 0 aliphatic heterocycles. The number of carbonyl (C=O) groups is 1. The van der Waals surface area contributed by atoms with E-state index in [1.54, 1.807) is 36.4 Å². The molecule has 2 aromatic rings. The average molecular weight is 351 g/mol. The lowest BCUT2D eigenvalue weighted by Gasteiger charge is -2.29. The topological polar surface area (TPSA) is 37.3 Å². The standard InChI is InChI=1S/C17H16BrFO2/c1-2-17(16(20)21,13-6-4-3-5-7-13)11-12-10-14(18)8-9-15(12)19/h3-10H,2,11H2,1H3,(H,20,21). The third-order valence-electron chi connectivity index (χ3n) is 3.84. The zero-order chi connectivity index (χ0) is 15.5. The Hall–Kier alpha value is -1.68. The molecular formula is C17H16BrFO2. The molecule has 1 atom stereocenters. The van der Waals surface area contributed by atoms with Gasteiger partial charge in [0.05, 0.1) is 5.41 Å². The molecule has 0 saturated carbocycles. The molecule has 1 unspecified atom stereocenters. The van der Waals surface area contributed by atoms with Gasteiger partial charge in [-0.25, -0.2) is 4.39 Å². The van der Waals surface area contributed by atoms with Gasteiger partial charge in [0, 0.05) is 4.47 Å². The molecule has 0 amide bonds. The van der Waals surface area contributed by atoms with Crippen LogP contribution in [0.2, 0.25) is 0 Å². The number of carboxylic acid groups (broad SMARTS) is 1. The van der Waals surface area contributed by atoms with E-state index in [4.69, 9.17) is 0 Å². The van der Waals surface area contributed by atoms with Gasteiger partial charge in [0.25, 0.3) is 0 Å². The molecule has 21 heavy (non-hydrogen) atoms. The van der Waals surface area contributed by atoms with Crippen LogP contribution in [0.15, 0.2) is 53.0 Å². The van der Waals surface area contributed by atoms with E-state index in [2.05, 4.69) is 15.9 Å². The van der Waals surface area contributed by atoms with Gasteiger partial charge in [0.1, 0.15) is 5.82 Å². The van der Waals surface area contributed by atoms with Crippen molar-refractivity contribution in [3.05, 3.63) is 69.9 Å². The summed E-state index contributed by atoms with van der Waals surface area (Å²) in [5, 5.41) is 9.76. The van der Waals surface area contributed by atoms with Crippen molar-refractivity contribution < 1.29 is 14.3 Å². The van der Waals surface area contributed by atoms with Gasteiger partial charge < -0.3 is 5.11 Å². The number of carboxylic acids is 1. The van der Waals surface area contributed by atoms with Crippen molar-refractivity contribution in [3.63, 3.8) is 0 Å². The predicted octanol–water partition coefficient (Wildman–Crippen LogP) is 4.56. The number of aliphatic carboxylic acids is 1. The second-order valence-electron chi connectivity index (χ2n) is 5.02. The first-order chi connectivity index (χ1) is 9.99. The zero-order valence-corrected chi connectivity index (χ0v) is 13.2. The van der Waals surface area contributed by atoms with Gasteiger partial charge >= 0.3 is 5.97 Å². The minimum absolute atomic E-state index is 0.119. The number of rotatable bonds is 5. The summed E-state index contributed by atoms with van der Waals surface area (Å²) < 4.78 is 14.7. The molecule has 0 spiro atoms. The van der Waals surface area contributed by atoms with Crippen molar-refractivity contribution >= 4 is 21.9 Å². The SMILES string of the molecule is CCC(Cc1cc(Br)ccc1F)(C(=O)O)c1ccccc1. The van der Waals surface area contributed by atoms with Gasteiger partial charge in [-0.05, 0) is 42.2 Å². The molecule has 0 radical (unpaired) electrons. The molecule has 2 rings (SSSR count). The van der Waals surface area contributed by atoms with E-state index in [-0.39, 0.29) is 12.2 Å². The predicted molar refractivity (Wildman–Crippen MR) is 83.9 cm³/mol. The van der Waals surface area contributed by atoms with Crippen molar-refractivity contribution in [2.24, 2.45) is 0 Å². The summed E-state index contributed by atoms with van der Waals surface area (Å²) in [6.45, 7) is 1.82.